The largest absolute Gasteiger partial charge is 0.297 e. The third-order valence-corrected chi connectivity index (χ3v) is 5.97. The maximum Gasteiger partial charge on any atom is 0.297 e. The summed E-state index contributed by atoms with van der Waals surface area (Å²) in [4.78, 5) is 4.89. The van der Waals surface area contributed by atoms with Crippen molar-refractivity contribution in [2.45, 2.75) is 33.6 Å². The Morgan fingerprint density at radius 2 is 1.67 bits per heavy atom. The SMILES string of the molecule is CCc1ccc(CC)c2c1c1nccc(C)c1c1n2c2ccccc2[n+]1C. The topological polar surface area (TPSA) is 21.2 Å². The monoisotopic (exact) mass is 354 g/mol. The fourth-order valence-corrected chi connectivity index (χ4v) is 4.63. The van der Waals surface area contributed by atoms with Crippen LogP contribution < -0.4 is 4.57 Å². The molecule has 3 heterocycles. The van der Waals surface area contributed by atoms with Gasteiger partial charge in [0.2, 0.25) is 0 Å². The lowest BCUT2D eigenvalue weighted by Crippen LogP contribution is -2.27. The van der Waals surface area contributed by atoms with Crippen molar-refractivity contribution < 1.29 is 4.57 Å². The van der Waals surface area contributed by atoms with Crippen molar-refractivity contribution in [1.82, 2.24) is 9.38 Å². The molecule has 0 bridgehead atoms. The lowest BCUT2D eigenvalue weighted by molar-refractivity contribution is -0.617. The van der Waals surface area contributed by atoms with E-state index in [-0.39, 0.29) is 0 Å². The van der Waals surface area contributed by atoms with Gasteiger partial charge in [-0.25, -0.2) is 4.57 Å². The molecule has 2 aromatic carbocycles. The summed E-state index contributed by atoms with van der Waals surface area (Å²) < 4.78 is 4.80. The summed E-state index contributed by atoms with van der Waals surface area (Å²) in [6.07, 6.45) is 3.96. The van der Waals surface area contributed by atoms with E-state index in [1.807, 2.05) is 6.20 Å². The number of rotatable bonds is 2. The molecule has 3 aromatic heterocycles. The van der Waals surface area contributed by atoms with Gasteiger partial charge in [0.1, 0.15) is 5.52 Å². The van der Waals surface area contributed by atoms with Gasteiger partial charge in [-0.2, -0.15) is 4.40 Å². The molecule has 0 saturated heterocycles. The normalized spacial score (nSPS) is 12.0. The van der Waals surface area contributed by atoms with Crippen LogP contribution in [0.1, 0.15) is 30.5 Å². The fraction of sp³-hybridized carbons (Fsp3) is 0.250. The number of nitrogens with zero attached hydrogens (tertiary/aromatic N) is 3. The van der Waals surface area contributed by atoms with Gasteiger partial charge in [-0.3, -0.25) is 4.98 Å². The standard InChI is InChI=1S/C24H24N3/c1-5-16-11-12-17(6-2)23-21(16)22-20(15(3)13-14-25-22)24-26(4)18-9-7-8-10-19(18)27(23)24/h7-14H,5-6H2,1-4H3/q+1. The number of fused-ring (bicyclic) bond motifs is 8. The zero-order valence-corrected chi connectivity index (χ0v) is 16.4. The highest BCUT2D eigenvalue weighted by atomic mass is 15.1. The van der Waals surface area contributed by atoms with Crippen LogP contribution >= 0.6 is 0 Å². The Bertz CT molecular complexity index is 1360. The van der Waals surface area contributed by atoms with Crippen molar-refractivity contribution >= 4 is 38.5 Å². The van der Waals surface area contributed by atoms with Gasteiger partial charge in [0.15, 0.2) is 11.0 Å². The highest BCUT2D eigenvalue weighted by Crippen LogP contribution is 2.35. The molecule has 27 heavy (non-hydrogen) atoms. The minimum absolute atomic E-state index is 1.00. The summed E-state index contributed by atoms with van der Waals surface area (Å²) in [7, 11) is 2.17. The van der Waals surface area contributed by atoms with Gasteiger partial charge in [0.05, 0.1) is 23.3 Å². The Kier molecular flexibility index (Phi) is 3.48. The van der Waals surface area contributed by atoms with Crippen LogP contribution in [-0.4, -0.2) is 9.38 Å². The Morgan fingerprint density at radius 1 is 0.926 bits per heavy atom. The average Bonchev–Trinajstić information content (AvgIpc) is 3.00. The van der Waals surface area contributed by atoms with Crippen LogP contribution in [0.4, 0.5) is 0 Å². The first-order chi connectivity index (χ1) is 13.2. The Labute approximate surface area is 158 Å². The number of hydrogen-bond donors (Lipinski definition) is 0. The zero-order valence-electron chi connectivity index (χ0n) is 16.4. The van der Waals surface area contributed by atoms with Crippen LogP contribution in [0.2, 0.25) is 0 Å². The second-order valence-electron chi connectivity index (χ2n) is 7.37. The molecule has 0 aliphatic carbocycles. The van der Waals surface area contributed by atoms with E-state index in [1.54, 1.807) is 0 Å². The Balaban J connectivity index is 2.29. The first-order valence-corrected chi connectivity index (χ1v) is 9.78. The maximum atomic E-state index is 4.89. The quantitative estimate of drug-likeness (QED) is 0.321. The lowest BCUT2D eigenvalue weighted by atomic mass is 9.97. The number of hydrogen-bond acceptors (Lipinski definition) is 1. The van der Waals surface area contributed by atoms with Gasteiger partial charge in [0.25, 0.3) is 5.65 Å². The van der Waals surface area contributed by atoms with E-state index in [4.69, 9.17) is 4.98 Å². The minimum Gasteiger partial charge on any atom is -0.255 e. The lowest BCUT2D eigenvalue weighted by Gasteiger charge is -2.12. The van der Waals surface area contributed by atoms with Gasteiger partial charge < -0.3 is 0 Å². The highest BCUT2D eigenvalue weighted by Gasteiger charge is 2.26. The predicted octanol–water partition coefficient (Wildman–Crippen LogP) is 5.05. The summed E-state index contributed by atoms with van der Waals surface area (Å²) in [6, 6.07) is 15.4. The number of benzene rings is 2. The van der Waals surface area contributed by atoms with Crippen LogP contribution in [-0.2, 0) is 19.9 Å². The number of imidazole rings is 1. The van der Waals surface area contributed by atoms with Crippen LogP contribution in [0.15, 0.2) is 48.7 Å². The molecular formula is C24H24N3+. The van der Waals surface area contributed by atoms with E-state index in [1.165, 1.54) is 49.7 Å². The number of para-hydroxylation sites is 2. The van der Waals surface area contributed by atoms with Crippen LogP contribution in [0.25, 0.3) is 38.5 Å². The first kappa shape index (κ1) is 16.2. The van der Waals surface area contributed by atoms with E-state index >= 15 is 0 Å². The van der Waals surface area contributed by atoms with E-state index in [9.17, 15) is 0 Å². The van der Waals surface area contributed by atoms with Crippen molar-refractivity contribution in [2.24, 2.45) is 7.05 Å². The number of pyridine rings is 2. The molecule has 0 amide bonds. The number of aromatic nitrogens is 3. The van der Waals surface area contributed by atoms with E-state index < -0.39 is 0 Å². The third kappa shape index (κ3) is 2.03. The smallest absolute Gasteiger partial charge is 0.255 e. The van der Waals surface area contributed by atoms with E-state index in [2.05, 4.69) is 79.3 Å². The molecule has 134 valence electrons. The molecule has 0 atom stereocenters. The molecule has 0 spiro atoms. The maximum absolute atomic E-state index is 4.89. The van der Waals surface area contributed by atoms with Crippen molar-refractivity contribution in [3.05, 3.63) is 65.4 Å². The molecule has 5 aromatic rings. The summed E-state index contributed by atoms with van der Waals surface area (Å²) in [5.41, 5.74) is 10.2. The van der Waals surface area contributed by atoms with Gasteiger partial charge >= 0.3 is 0 Å². The Hall–Kier alpha value is -2.94. The van der Waals surface area contributed by atoms with Crippen molar-refractivity contribution in [3.63, 3.8) is 0 Å². The molecule has 3 heteroatoms. The summed E-state index contributed by atoms with van der Waals surface area (Å²) in [5, 5.41) is 2.57. The molecule has 0 N–H and O–H groups in total. The highest BCUT2D eigenvalue weighted by molar-refractivity contribution is 6.13. The van der Waals surface area contributed by atoms with Gasteiger partial charge in [-0.15, -0.1) is 0 Å². The van der Waals surface area contributed by atoms with E-state index in [0.29, 0.717) is 0 Å². The minimum atomic E-state index is 1.00. The molecule has 0 saturated carbocycles. The van der Waals surface area contributed by atoms with Gasteiger partial charge in [-0.1, -0.05) is 38.1 Å². The molecule has 5 rings (SSSR count). The van der Waals surface area contributed by atoms with Crippen LogP contribution in [0.5, 0.6) is 0 Å². The third-order valence-electron chi connectivity index (χ3n) is 5.97. The zero-order chi connectivity index (χ0) is 18.7. The molecule has 0 radical (unpaired) electrons. The molecule has 3 nitrogen and oxygen atoms in total. The van der Waals surface area contributed by atoms with Crippen LogP contribution in [0, 0.1) is 6.92 Å². The van der Waals surface area contributed by atoms with Gasteiger partial charge in [0, 0.05) is 6.20 Å². The molecule has 0 fully saturated rings. The molecule has 0 unspecified atom stereocenters. The van der Waals surface area contributed by atoms with Crippen LogP contribution in [0.3, 0.4) is 0 Å². The van der Waals surface area contributed by atoms with Crippen molar-refractivity contribution in [2.75, 3.05) is 0 Å². The summed E-state index contributed by atoms with van der Waals surface area (Å²) in [5.74, 6) is 0. The molecule has 0 aliphatic rings. The summed E-state index contributed by atoms with van der Waals surface area (Å²) >= 11 is 0. The predicted molar refractivity (Wildman–Crippen MR) is 112 cm³/mol. The number of aryl methyl sites for hydroxylation is 4. The van der Waals surface area contributed by atoms with Crippen molar-refractivity contribution in [3.8, 4) is 0 Å². The second-order valence-corrected chi connectivity index (χ2v) is 7.37. The Morgan fingerprint density at radius 3 is 2.44 bits per heavy atom. The van der Waals surface area contributed by atoms with Crippen molar-refractivity contribution in [1.29, 1.82) is 0 Å². The second kappa shape index (κ2) is 5.78. The fourth-order valence-electron chi connectivity index (χ4n) is 4.63. The molecule has 0 aliphatic heterocycles. The first-order valence-electron chi connectivity index (χ1n) is 9.78. The van der Waals surface area contributed by atoms with Gasteiger partial charge in [-0.05, 0) is 54.7 Å². The molecular weight excluding hydrogens is 330 g/mol. The van der Waals surface area contributed by atoms with E-state index in [0.717, 1.165) is 18.4 Å². The average molecular weight is 354 g/mol. The summed E-state index contributed by atoms with van der Waals surface area (Å²) in [6.45, 7) is 6.68.